The first-order valence-electron chi connectivity index (χ1n) is 4.96. The first-order chi connectivity index (χ1) is 7.59. The predicted octanol–water partition coefficient (Wildman–Crippen LogP) is 1.31. The van der Waals surface area contributed by atoms with Crippen molar-refractivity contribution >= 4 is 0 Å². The molecule has 0 spiro atoms. The molecule has 1 aromatic heterocycles. The van der Waals surface area contributed by atoms with E-state index in [1.165, 1.54) is 6.07 Å². The maximum atomic E-state index is 13.7. The number of nitrogens with two attached hydrogens (primary N) is 1. The molecular weight excluding hydrogens is 207 g/mol. The highest BCUT2D eigenvalue weighted by molar-refractivity contribution is 5.30. The summed E-state index contributed by atoms with van der Waals surface area (Å²) in [6.45, 7) is 1.84. The monoisotopic (exact) mass is 220 g/mol. The fraction of sp³-hybridized carbons (Fsp3) is 0.273. The van der Waals surface area contributed by atoms with E-state index in [1.807, 2.05) is 13.0 Å². The van der Waals surface area contributed by atoms with Gasteiger partial charge in [-0.25, -0.2) is 4.39 Å². The Kier molecular flexibility index (Phi) is 2.70. The molecule has 0 bridgehead atoms. The quantitative estimate of drug-likeness (QED) is 0.830. The fourth-order valence-corrected chi connectivity index (χ4v) is 1.62. The van der Waals surface area contributed by atoms with Crippen molar-refractivity contribution in [3.8, 4) is 0 Å². The Morgan fingerprint density at radius 3 is 2.75 bits per heavy atom. The lowest BCUT2D eigenvalue weighted by molar-refractivity contribution is 0.583. The average molecular weight is 220 g/mol. The van der Waals surface area contributed by atoms with E-state index < -0.39 is 6.04 Å². The normalized spacial score (nSPS) is 12.8. The minimum atomic E-state index is -0.541. The van der Waals surface area contributed by atoms with Crippen molar-refractivity contribution in [3.63, 3.8) is 0 Å². The van der Waals surface area contributed by atoms with E-state index in [-0.39, 0.29) is 5.82 Å². The molecule has 1 aromatic carbocycles. The van der Waals surface area contributed by atoms with Crippen LogP contribution in [-0.4, -0.2) is 15.0 Å². The summed E-state index contributed by atoms with van der Waals surface area (Å²) < 4.78 is 15.2. The highest BCUT2D eigenvalue weighted by Gasteiger charge is 2.16. The van der Waals surface area contributed by atoms with Gasteiger partial charge in [0.25, 0.3) is 0 Å². The molecular formula is C11H13FN4. The van der Waals surface area contributed by atoms with Crippen molar-refractivity contribution in [2.75, 3.05) is 0 Å². The van der Waals surface area contributed by atoms with Gasteiger partial charge in [-0.05, 0) is 18.6 Å². The van der Waals surface area contributed by atoms with Crippen molar-refractivity contribution in [1.82, 2.24) is 15.0 Å². The van der Waals surface area contributed by atoms with Crippen LogP contribution in [0.1, 0.15) is 22.9 Å². The van der Waals surface area contributed by atoms with Crippen LogP contribution in [0.5, 0.6) is 0 Å². The second-order valence-corrected chi connectivity index (χ2v) is 3.79. The zero-order valence-corrected chi connectivity index (χ0v) is 9.18. The first-order valence-corrected chi connectivity index (χ1v) is 4.96. The van der Waals surface area contributed by atoms with Gasteiger partial charge in [-0.3, -0.25) is 4.68 Å². The lowest BCUT2D eigenvalue weighted by Gasteiger charge is -2.12. The van der Waals surface area contributed by atoms with Crippen molar-refractivity contribution in [2.45, 2.75) is 13.0 Å². The van der Waals surface area contributed by atoms with Gasteiger partial charge >= 0.3 is 0 Å². The van der Waals surface area contributed by atoms with E-state index in [0.29, 0.717) is 11.3 Å². The van der Waals surface area contributed by atoms with Crippen molar-refractivity contribution in [3.05, 3.63) is 47.0 Å². The largest absolute Gasteiger partial charge is 0.319 e. The molecule has 1 heterocycles. The summed E-state index contributed by atoms with van der Waals surface area (Å²) in [5.74, 6) is -0.297. The predicted molar refractivity (Wildman–Crippen MR) is 58.2 cm³/mol. The highest BCUT2D eigenvalue weighted by atomic mass is 19.1. The molecule has 16 heavy (non-hydrogen) atoms. The number of nitrogens with zero attached hydrogens (tertiary/aromatic N) is 3. The van der Waals surface area contributed by atoms with Crippen LogP contribution in [0.3, 0.4) is 0 Å². The Labute approximate surface area is 92.9 Å². The highest BCUT2D eigenvalue weighted by Crippen LogP contribution is 2.21. The number of hydrogen-bond acceptors (Lipinski definition) is 3. The molecule has 4 nitrogen and oxygen atoms in total. The molecule has 2 rings (SSSR count). The van der Waals surface area contributed by atoms with Crippen molar-refractivity contribution < 1.29 is 4.39 Å². The minimum Gasteiger partial charge on any atom is -0.319 e. The Morgan fingerprint density at radius 2 is 2.19 bits per heavy atom. The molecule has 2 N–H and O–H groups in total. The second kappa shape index (κ2) is 4.02. The molecule has 0 amide bonds. The SMILES string of the molecule is Cc1ccc(C(N)c2cnnn2C)c(F)c1. The van der Waals surface area contributed by atoms with Crippen LogP contribution >= 0.6 is 0 Å². The van der Waals surface area contributed by atoms with Crippen LogP contribution in [0, 0.1) is 12.7 Å². The van der Waals surface area contributed by atoms with Gasteiger partial charge in [-0.2, -0.15) is 0 Å². The first kappa shape index (κ1) is 10.8. The van der Waals surface area contributed by atoms with Gasteiger partial charge in [-0.1, -0.05) is 17.3 Å². The van der Waals surface area contributed by atoms with E-state index in [1.54, 1.807) is 24.0 Å². The molecule has 84 valence electrons. The van der Waals surface area contributed by atoms with E-state index in [2.05, 4.69) is 10.3 Å². The number of aromatic nitrogens is 3. The smallest absolute Gasteiger partial charge is 0.128 e. The number of hydrogen-bond donors (Lipinski definition) is 1. The lowest BCUT2D eigenvalue weighted by atomic mass is 10.0. The Hall–Kier alpha value is -1.75. The molecule has 0 aliphatic heterocycles. The Balaban J connectivity index is 2.41. The second-order valence-electron chi connectivity index (χ2n) is 3.79. The van der Waals surface area contributed by atoms with E-state index in [4.69, 9.17) is 5.73 Å². The minimum absolute atomic E-state index is 0.297. The number of rotatable bonds is 2. The van der Waals surface area contributed by atoms with Crippen LogP contribution in [0.2, 0.25) is 0 Å². The third kappa shape index (κ3) is 1.81. The topological polar surface area (TPSA) is 56.7 Å². The molecule has 1 unspecified atom stereocenters. The van der Waals surface area contributed by atoms with Crippen LogP contribution in [0.4, 0.5) is 4.39 Å². The zero-order valence-electron chi connectivity index (χ0n) is 9.18. The van der Waals surface area contributed by atoms with E-state index in [9.17, 15) is 4.39 Å². The average Bonchev–Trinajstić information content (AvgIpc) is 2.63. The van der Waals surface area contributed by atoms with Crippen molar-refractivity contribution in [2.24, 2.45) is 12.8 Å². The van der Waals surface area contributed by atoms with Gasteiger partial charge in [0.15, 0.2) is 0 Å². The fourth-order valence-electron chi connectivity index (χ4n) is 1.62. The maximum absolute atomic E-state index is 13.7. The van der Waals surface area contributed by atoms with Crippen LogP contribution in [-0.2, 0) is 7.05 Å². The maximum Gasteiger partial charge on any atom is 0.128 e. The van der Waals surface area contributed by atoms with Crippen LogP contribution < -0.4 is 5.73 Å². The number of benzene rings is 1. The summed E-state index contributed by atoms with van der Waals surface area (Å²) in [7, 11) is 1.73. The molecule has 0 fully saturated rings. The summed E-state index contributed by atoms with van der Waals surface area (Å²) in [5, 5.41) is 7.50. The molecule has 5 heteroatoms. The Morgan fingerprint density at radius 1 is 1.44 bits per heavy atom. The van der Waals surface area contributed by atoms with Crippen molar-refractivity contribution in [1.29, 1.82) is 0 Å². The van der Waals surface area contributed by atoms with Crippen LogP contribution in [0.25, 0.3) is 0 Å². The summed E-state index contributed by atoms with van der Waals surface area (Å²) in [4.78, 5) is 0. The van der Waals surface area contributed by atoms with Crippen LogP contribution in [0.15, 0.2) is 24.4 Å². The van der Waals surface area contributed by atoms with E-state index >= 15 is 0 Å². The van der Waals surface area contributed by atoms with Gasteiger partial charge < -0.3 is 5.73 Å². The van der Waals surface area contributed by atoms with Gasteiger partial charge in [0, 0.05) is 12.6 Å². The number of halogens is 1. The molecule has 0 saturated carbocycles. The molecule has 2 aromatic rings. The molecule has 0 aliphatic carbocycles. The van der Waals surface area contributed by atoms with Gasteiger partial charge in [-0.15, -0.1) is 5.10 Å². The molecule has 0 aliphatic rings. The van der Waals surface area contributed by atoms with Gasteiger partial charge in [0.05, 0.1) is 17.9 Å². The third-order valence-corrected chi connectivity index (χ3v) is 2.56. The number of aryl methyl sites for hydroxylation is 2. The summed E-state index contributed by atoms with van der Waals surface area (Å²) in [6, 6.07) is 4.46. The molecule has 0 radical (unpaired) electrons. The summed E-state index contributed by atoms with van der Waals surface area (Å²) in [5.41, 5.74) is 7.98. The summed E-state index contributed by atoms with van der Waals surface area (Å²) >= 11 is 0. The van der Waals surface area contributed by atoms with Gasteiger partial charge in [0.1, 0.15) is 5.82 Å². The van der Waals surface area contributed by atoms with Gasteiger partial charge in [0.2, 0.25) is 0 Å². The lowest BCUT2D eigenvalue weighted by Crippen LogP contribution is -2.17. The Bertz CT molecular complexity index is 506. The molecule has 1 atom stereocenters. The van der Waals surface area contributed by atoms with E-state index in [0.717, 1.165) is 5.56 Å². The third-order valence-electron chi connectivity index (χ3n) is 2.56. The standard InChI is InChI=1S/C11H13FN4/c1-7-3-4-8(9(12)5-7)11(13)10-6-14-15-16(10)2/h3-6,11H,13H2,1-2H3. The zero-order chi connectivity index (χ0) is 11.7. The summed E-state index contributed by atoms with van der Waals surface area (Å²) in [6.07, 6.45) is 1.55. The molecule has 0 saturated heterocycles.